The van der Waals surface area contributed by atoms with Gasteiger partial charge in [0.2, 0.25) is 0 Å². The molecule has 0 N–H and O–H groups in total. The summed E-state index contributed by atoms with van der Waals surface area (Å²) in [6.45, 7) is 2.61. The van der Waals surface area contributed by atoms with E-state index in [1.807, 2.05) is 24.3 Å². The zero-order valence-electron chi connectivity index (χ0n) is 17.5. The second kappa shape index (κ2) is 11.5. The molecule has 3 rings (SSSR count). The number of carbonyl (C=O) groups is 1. The van der Waals surface area contributed by atoms with E-state index in [1.165, 1.54) is 56.9 Å². The molecule has 0 unspecified atom stereocenters. The van der Waals surface area contributed by atoms with Crippen molar-refractivity contribution in [1.82, 2.24) is 0 Å². The standard InChI is InChI=1S/C26H33BrO2/c1-2-3-4-5-20-6-12-23(13-7-20)24-14-8-21(9-15-24)18-26(28)29-19-22-10-16-25(27)17-11-22/h8-11,14-17,20,23H,2-7,12-13,18-19H2,1H3/t20-,23-. The molecule has 0 saturated heterocycles. The van der Waals surface area contributed by atoms with E-state index in [4.69, 9.17) is 4.74 Å². The van der Waals surface area contributed by atoms with Crippen molar-refractivity contribution in [3.63, 3.8) is 0 Å². The molecule has 1 saturated carbocycles. The molecule has 0 spiro atoms. The molecular formula is C26H33BrO2. The maximum absolute atomic E-state index is 12.2. The van der Waals surface area contributed by atoms with Crippen molar-refractivity contribution in [2.24, 2.45) is 5.92 Å². The SMILES string of the molecule is CCCCC[C@H]1CC[C@H](c2ccc(CC(=O)OCc3ccc(Br)cc3)cc2)CC1. The Hall–Kier alpha value is -1.61. The monoisotopic (exact) mass is 456 g/mol. The van der Waals surface area contributed by atoms with E-state index in [1.54, 1.807) is 0 Å². The molecule has 2 nitrogen and oxygen atoms in total. The highest BCUT2D eigenvalue weighted by Crippen LogP contribution is 2.37. The molecule has 2 aromatic rings. The lowest BCUT2D eigenvalue weighted by Gasteiger charge is -2.29. The van der Waals surface area contributed by atoms with Gasteiger partial charge in [-0.1, -0.05) is 84.9 Å². The van der Waals surface area contributed by atoms with Gasteiger partial charge in [-0.3, -0.25) is 4.79 Å². The number of esters is 1. The highest BCUT2D eigenvalue weighted by Gasteiger charge is 2.22. The Kier molecular flexibility index (Phi) is 8.79. The van der Waals surface area contributed by atoms with Crippen molar-refractivity contribution < 1.29 is 9.53 Å². The summed E-state index contributed by atoms with van der Waals surface area (Å²) in [7, 11) is 0. The van der Waals surface area contributed by atoms with Gasteiger partial charge in [-0.15, -0.1) is 0 Å². The fourth-order valence-electron chi connectivity index (χ4n) is 4.34. The summed E-state index contributed by atoms with van der Waals surface area (Å²) in [5.74, 6) is 1.46. The van der Waals surface area contributed by atoms with Crippen molar-refractivity contribution in [2.45, 2.75) is 77.2 Å². The smallest absolute Gasteiger partial charge is 0.310 e. The fourth-order valence-corrected chi connectivity index (χ4v) is 4.60. The summed E-state index contributed by atoms with van der Waals surface area (Å²) in [6, 6.07) is 16.5. The molecule has 0 amide bonds. The van der Waals surface area contributed by atoms with Crippen LogP contribution in [-0.2, 0) is 22.6 Å². The van der Waals surface area contributed by atoms with E-state index in [2.05, 4.69) is 47.1 Å². The molecule has 156 valence electrons. The molecule has 0 aliphatic heterocycles. The lowest BCUT2D eigenvalue weighted by Crippen LogP contribution is -2.13. The molecule has 3 heteroatoms. The zero-order valence-corrected chi connectivity index (χ0v) is 19.1. The van der Waals surface area contributed by atoms with Gasteiger partial charge in [0, 0.05) is 4.47 Å². The first-order chi connectivity index (χ1) is 14.1. The van der Waals surface area contributed by atoms with Crippen molar-refractivity contribution in [3.8, 4) is 0 Å². The predicted octanol–water partition coefficient (Wildman–Crippen LogP) is 7.59. The molecule has 0 bridgehead atoms. The van der Waals surface area contributed by atoms with Gasteiger partial charge >= 0.3 is 5.97 Å². The first-order valence-corrected chi connectivity index (χ1v) is 11.9. The van der Waals surface area contributed by atoms with E-state index >= 15 is 0 Å². The minimum absolute atomic E-state index is 0.173. The van der Waals surface area contributed by atoms with Crippen LogP contribution in [0.1, 0.15) is 80.9 Å². The zero-order chi connectivity index (χ0) is 20.5. The fraction of sp³-hybridized carbons (Fsp3) is 0.500. The Bertz CT molecular complexity index is 743. The number of halogens is 1. The van der Waals surface area contributed by atoms with Crippen LogP contribution in [0, 0.1) is 5.92 Å². The summed E-state index contributed by atoms with van der Waals surface area (Å²) < 4.78 is 6.44. The van der Waals surface area contributed by atoms with Gasteiger partial charge in [0.25, 0.3) is 0 Å². The van der Waals surface area contributed by atoms with Crippen LogP contribution in [0.15, 0.2) is 53.0 Å². The summed E-state index contributed by atoms with van der Waals surface area (Å²) in [6.07, 6.45) is 11.2. The molecule has 1 aliphatic rings. The van der Waals surface area contributed by atoms with Crippen molar-refractivity contribution in [3.05, 3.63) is 69.7 Å². The highest BCUT2D eigenvalue weighted by atomic mass is 79.9. The molecule has 0 radical (unpaired) electrons. The molecule has 1 fully saturated rings. The first kappa shape index (κ1) is 22.1. The summed E-state index contributed by atoms with van der Waals surface area (Å²) >= 11 is 3.41. The second-order valence-electron chi connectivity index (χ2n) is 8.42. The third-order valence-corrected chi connectivity index (χ3v) is 6.70. The van der Waals surface area contributed by atoms with Crippen LogP contribution in [0.5, 0.6) is 0 Å². The maximum atomic E-state index is 12.2. The molecule has 0 atom stereocenters. The number of hydrogen-bond acceptors (Lipinski definition) is 2. The van der Waals surface area contributed by atoms with Gasteiger partial charge in [-0.25, -0.2) is 0 Å². The Labute approximate surface area is 184 Å². The summed E-state index contributed by atoms with van der Waals surface area (Å²) in [5.41, 5.74) is 3.47. The van der Waals surface area contributed by atoms with Gasteiger partial charge < -0.3 is 4.74 Å². The van der Waals surface area contributed by atoms with Crippen molar-refractivity contribution in [2.75, 3.05) is 0 Å². The van der Waals surface area contributed by atoms with E-state index in [-0.39, 0.29) is 5.97 Å². The van der Waals surface area contributed by atoms with E-state index in [9.17, 15) is 4.79 Å². The molecule has 29 heavy (non-hydrogen) atoms. The Morgan fingerprint density at radius 2 is 1.59 bits per heavy atom. The average molecular weight is 457 g/mol. The van der Waals surface area contributed by atoms with Gasteiger partial charge in [0.1, 0.15) is 6.61 Å². The largest absolute Gasteiger partial charge is 0.461 e. The summed E-state index contributed by atoms with van der Waals surface area (Å²) in [4.78, 5) is 12.2. The maximum Gasteiger partial charge on any atom is 0.310 e. The van der Waals surface area contributed by atoms with Gasteiger partial charge in [0.15, 0.2) is 0 Å². The van der Waals surface area contributed by atoms with Crippen LogP contribution in [0.4, 0.5) is 0 Å². The van der Waals surface area contributed by atoms with Crippen LogP contribution in [0.25, 0.3) is 0 Å². The predicted molar refractivity (Wildman–Crippen MR) is 123 cm³/mol. The van der Waals surface area contributed by atoms with Crippen molar-refractivity contribution >= 4 is 21.9 Å². The van der Waals surface area contributed by atoms with Crippen LogP contribution < -0.4 is 0 Å². The lowest BCUT2D eigenvalue weighted by atomic mass is 9.77. The number of ether oxygens (including phenoxy) is 1. The summed E-state index contributed by atoms with van der Waals surface area (Å²) in [5, 5.41) is 0. The normalized spacial score (nSPS) is 19.1. The topological polar surface area (TPSA) is 26.3 Å². The van der Waals surface area contributed by atoms with E-state index < -0.39 is 0 Å². The van der Waals surface area contributed by atoms with Crippen LogP contribution in [0.2, 0.25) is 0 Å². The van der Waals surface area contributed by atoms with Crippen molar-refractivity contribution in [1.29, 1.82) is 0 Å². The molecule has 1 aliphatic carbocycles. The number of carbonyl (C=O) groups excluding carboxylic acids is 1. The second-order valence-corrected chi connectivity index (χ2v) is 9.33. The third kappa shape index (κ3) is 7.29. The number of benzene rings is 2. The number of hydrogen-bond donors (Lipinski definition) is 0. The first-order valence-electron chi connectivity index (χ1n) is 11.1. The average Bonchev–Trinajstić information content (AvgIpc) is 2.75. The van der Waals surface area contributed by atoms with Gasteiger partial charge in [-0.05, 0) is 66.3 Å². The Balaban J connectivity index is 1.41. The van der Waals surface area contributed by atoms with E-state index in [0.717, 1.165) is 21.5 Å². The number of unbranched alkanes of at least 4 members (excludes halogenated alkanes) is 2. The molecule has 0 aromatic heterocycles. The minimum Gasteiger partial charge on any atom is -0.461 e. The quantitative estimate of drug-likeness (QED) is 0.286. The van der Waals surface area contributed by atoms with Crippen LogP contribution in [0.3, 0.4) is 0 Å². The van der Waals surface area contributed by atoms with Gasteiger partial charge in [0.05, 0.1) is 6.42 Å². The Morgan fingerprint density at radius 3 is 2.24 bits per heavy atom. The lowest BCUT2D eigenvalue weighted by molar-refractivity contribution is -0.144. The minimum atomic E-state index is -0.173. The van der Waals surface area contributed by atoms with Crippen LogP contribution in [-0.4, -0.2) is 5.97 Å². The van der Waals surface area contributed by atoms with Gasteiger partial charge in [-0.2, -0.15) is 0 Å². The Morgan fingerprint density at radius 1 is 0.931 bits per heavy atom. The highest BCUT2D eigenvalue weighted by molar-refractivity contribution is 9.10. The molecular weight excluding hydrogens is 424 g/mol. The third-order valence-electron chi connectivity index (χ3n) is 6.18. The number of rotatable bonds is 9. The molecule has 0 heterocycles. The van der Waals surface area contributed by atoms with E-state index in [0.29, 0.717) is 18.9 Å². The van der Waals surface area contributed by atoms with Crippen LogP contribution >= 0.6 is 15.9 Å². The molecule has 2 aromatic carbocycles.